The van der Waals surface area contributed by atoms with E-state index in [1.165, 1.54) is 0 Å². The van der Waals surface area contributed by atoms with Gasteiger partial charge in [0.2, 0.25) is 0 Å². The van der Waals surface area contributed by atoms with Gasteiger partial charge in [0.25, 0.3) is 0 Å². The molecule has 6 aliphatic rings. The quantitative estimate of drug-likeness (QED) is 0.393. The predicted octanol–water partition coefficient (Wildman–Crippen LogP) is 1.37. The van der Waals surface area contributed by atoms with Crippen LogP contribution in [0.5, 0.6) is 0 Å². The number of nitrogens with zero attached hydrogens (tertiary/aromatic N) is 2. The maximum Gasteiger partial charge on any atom is 0.121 e. The second kappa shape index (κ2) is 7.97. The number of benzene rings is 1. The third kappa shape index (κ3) is 3.00. The van der Waals surface area contributed by atoms with E-state index in [4.69, 9.17) is 10.5 Å². The Labute approximate surface area is 227 Å². The summed E-state index contributed by atoms with van der Waals surface area (Å²) < 4.78 is 7.13. The van der Waals surface area contributed by atoms with Gasteiger partial charge >= 0.3 is 0 Å². The molecule has 3 aliphatic carbocycles. The number of aliphatic hydroxyl groups excluding tert-OH is 4. The lowest BCUT2D eigenvalue weighted by molar-refractivity contribution is -0.221. The van der Waals surface area contributed by atoms with Gasteiger partial charge in [0.1, 0.15) is 23.9 Å². The van der Waals surface area contributed by atoms with Crippen molar-refractivity contribution in [2.45, 2.75) is 86.2 Å². The molecule has 2 spiro atoms. The number of fused-ring (bicyclic) bond motifs is 2. The van der Waals surface area contributed by atoms with Crippen molar-refractivity contribution in [2.24, 2.45) is 17.1 Å². The normalized spacial score (nSPS) is 47.2. The van der Waals surface area contributed by atoms with E-state index in [2.05, 4.69) is 36.2 Å². The molecule has 206 valence electrons. The average molecular weight is 532 g/mol. The molecule has 1 aromatic carbocycles. The highest BCUT2D eigenvalue weighted by atomic mass is 16.5. The van der Waals surface area contributed by atoms with Crippen molar-refractivity contribution in [1.82, 2.24) is 9.88 Å². The summed E-state index contributed by atoms with van der Waals surface area (Å²) in [5.74, 6) is -0.0253. The Kier molecular flexibility index (Phi) is 5.03. The first-order chi connectivity index (χ1) is 18.7. The molecule has 2 aromatic rings. The van der Waals surface area contributed by atoms with E-state index >= 15 is 0 Å². The molecule has 8 rings (SSSR count). The highest BCUT2D eigenvalue weighted by molar-refractivity contribution is 5.82. The maximum absolute atomic E-state index is 11.8. The van der Waals surface area contributed by atoms with Crippen LogP contribution in [0.2, 0.25) is 0 Å². The van der Waals surface area contributed by atoms with Gasteiger partial charge in [-0.2, -0.15) is 0 Å². The van der Waals surface area contributed by atoms with Gasteiger partial charge in [0.05, 0.1) is 17.7 Å². The Morgan fingerprint density at radius 3 is 2.64 bits per heavy atom. The van der Waals surface area contributed by atoms with E-state index in [1.807, 2.05) is 23.2 Å². The van der Waals surface area contributed by atoms with E-state index in [-0.39, 0.29) is 23.3 Å². The molecular weight excluding hydrogens is 494 g/mol. The van der Waals surface area contributed by atoms with Crippen LogP contribution in [0.4, 0.5) is 0 Å². The minimum absolute atomic E-state index is 0.00885. The number of hydrogen-bond acceptors (Lipinski definition) is 8. The third-order valence-electron chi connectivity index (χ3n) is 11.4. The summed E-state index contributed by atoms with van der Waals surface area (Å²) in [6.45, 7) is 3.43. The topological polar surface area (TPSA) is 132 Å². The Bertz CT molecular complexity index is 1420. The monoisotopic (exact) mass is 531 g/mol. The van der Waals surface area contributed by atoms with Gasteiger partial charge in [-0.3, -0.25) is 9.88 Å². The van der Waals surface area contributed by atoms with Crippen LogP contribution in [0.1, 0.15) is 44.1 Å². The number of pyridine rings is 1. The van der Waals surface area contributed by atoms with E-state index < -0.39 is 41.7 Å². The largest absolute Gasteiger partial charge is 0.392 e. The van der Waals surface area contributed by atoms with Crippen LogP contribution in [-0.4, -0.2) is 91.1 Å². The third-order valence-corrected chi connectivity index (χ3v) is 11.4. The van der Waals surface area contributed by atoms with Crippen molar-refractivity contribution in [3.63, 3.8) is 0 Å². The molecule has 8 nitrogen and oxygen atoms in total. The van der Waals surface area contributed by atoms with Crippen molar-refractivity contribution < 1.29 is 25.2 Å². The second-order valence-electron chi connectivity index (χ2n) is 13.3. The van der Waals surface area contributed by atoms with Crippen molar-refractivity contribution in [2.75, 3.05) is 13.1 Å². The van der Waals surface area contributed by atoms with E-state index in [0.29, 0.717) is 37.9 Å². The van der Waals surface area contributed by atoms with Gasteiger partial charge in [-0.25, -0.2) is 0 Å². The lowest BCUT2D eigenvalue weighted by Gasteiger charge is -2.59. The number of nitrogens with two attached hydrogens (primary N) is 1. The molecule has 2 saturated carbocycles. The number of allylic oxidation sites excluding steroid dienone is 1. The summed E-state index contributed by atoms with van der Waals surface area (Å²) in [6, 6.07) is 7.80. The highest BCUT2D eigenvalue weighted by Gasteiger charge is 2.72. The zero-order valence-corrected chi connectivity index (χ0v) is 22.1. The Hall–Kier alpha value is -2.17. The molecule has 10 atom stereocenters. The first-order valence-corrected chi connectivity index (χ1v) is 14.4. The summed E-state index contributed by atoms with van der Waals surface area (Å²) in [7, 11) is 0. The molecule has 2 saturated heterocycles. The van der Waals surface area contributed by atoms with Gasteiger partial charge in [0.15, 0.2) is 0 Å². The van der Waals surface area contributed by atoms with Crippen LogP contribution in [0.15, 0.2) is 60.0 Å². The molecule has 0 amide bonds. The van der Waals surface area contributed by atoms with E-state index in [9.17, 15) is 20.4 Å². The molecule has 3 aliphatic heterocycles. The Balaban J connectivity index is 1.20. The summed E-state index contributed by atoms with van der Waals surface area (Å²) in [5.41, 5.74) is 6.79. The molecule has 5 unspecified atom stereocenters. The van der Waals surface area contributed by atoms with Crippen LogP contribution in [0, 0.1) is 11.3 Å². The predicted molar refractivity (Wildman–Crippen MR) is 145 cm³/mol. The standard InChI is InChI=1S/C31H37N3O5/c1-29-6-4-19-11-21-26(36)27(37)25(34-14-20(32)15-34)28(38)31(21)8-7-30(19,39-31)23(29)12-22(35)24(29)17-3-2-16-5-9-33-13-18(16)10-17/h2-5,9-11,13,20,22-28,35-38H,6-8,12,14-15,32H2,1H3/t22-,23-,24?,25-,26?,27?,28?,29+,30?,31+/m1/s1. The van der Waals surface area contributed by atoms with E-state index in [0.717, 1.165) is 28.3 Å². The lowest BCUT2D eigenvalue weighted by Crippen LogP contribution is -2.74. The van der Waals surface area contributed by atoms with Crippen LogP contribution in [0.3, 0.4) is 0 Å². The van der Waals surface area contributed by atoms with Crippen LogP contribution in [0.25, 0.3) is 10.8 Å². The Morgan fingerprint density at radius 2 is 1.85 bits per heavy atom. The number of ether oxygens (including phenoxy) is 1. The minimum Gasteiger partial charge on any atom is -0.392 e. The van der Waals surface area contributed by atoms with Gasteiger partial charge in [0, 0.05) is 48.7 Å². The SMILES string of the molecule is C[C@]12CC=C3C=C4C(O)C(O)[C@@H](N5CC(N)C5)C(O)[C@]45CCC3(O5)[C@@H]1C[C@@H](O)C2c1ccc2ccncc2c1. The van der Waals surface area contributed by atoms with Crippen molar-refractivity contribution in [1.29, 1.82) is 0 Å². The van der Waals surface area contributed by atoms with Gasteiger partial charge in [-0.05, 0) is 65.3 Å². The molecule has 4 heterocycles. The number of rotatable bonds is 2. The number of hydrogen-bond donors (Lipinski definition) is 5. The number of likely N-dealkylation sites (tertiary alicyclic amines) is 1. The van der Waals surface area contributed by atoms with Gasteiger partial charge in [-0.15, -0.1) is 0 Å². The maximum atomic E-state index is 11.8. The zero-order chi connectivity index (χ0) is 26.9. The van der Waals surface area contributed by atoms with Crippen LogP contribution in [-0.2, 0) is 4.74 Å². The summed E-state index contributed by atoms with van der Waals surface area (Å²) in [6.07, 6.45) is 6.80. The van der Waals surface area contributed by atoms with Crippen LogP contribution >= 0.6 is 0 Å². The van der Waals surface area contributed by atoms with Gasteiger partial charge < -0.3 is 30.9 Å². The number of aliphatic hydroxyl groups is 4. The molecular formula is C31H37N3O5. The molecule has 6 N–H and O–H groups in total. The first-order valence-electron chi connectivity index (χ1n) is 14.4. The fourth-order valence-corrected chi connectivity index (χ4v) is 9.58. The van der Waals surface area contributed by atoms with Crippen molar-refractivity contribution in [3.8, 4) is 0 Å². The molecule has 39 heavy (non-hydrogen) atoms. The average Bonchev–Trinajstić information content (AvgIpc) is 3.39. The minimum atomic E-state index is -1.12. The fourth-order valence-electron chi connectivity index (χ4n) is 9.58. The molecule has 8 heteroatoms. The summed E-state index contributed by atoms with van der Waals surface area (Å²) >= 11 is 0. The highest BCUT2D eigenvalue weighted by Crippen LogP contribution is 2.69. The second-order valence-corrected chi connectivity index (χ2v) is 13.3. The molecule has 0 radical (unpaired) electrons. The molecule has 4 fully saturated rings. The first kappa shape index (κ1) is 24.6. The fraction of sp³-hybridized carbons (Fsp3) is 0.581. The zero-order valence-electron chi connectivity index (χ0n) is 22.1. The van der Waals surface area contributed by atoms with Crippen LogP contribution < -0.4 is 5.73 Å². The lowest BCUT2D eigenvalue weighted by atomic mass is 9.57. The molecule has 1 aromatic heterocycles. The van der Waals surface area contributed by atoms with Crippen molar-refractivity contribution >= 4 is 10.8 Å². The van der Waals surface area contributed by atoms with E-state index in [1.54, 1.807) is 6.20 Å². The Morgan fingerprint density at radius 1 is 1.05 bits per heavy atom. The molecule has 2 bridgehead atoms. The summed E-state index contributed by atoms with van der Waals surface area (Å²) in [5, 5.41) is 48.1. The summed E-state index contributed by atoms with van der Waals surface area (Å²) in [4.78, 5) is 6.28. The smallest absolute Gasteiger partial charge is 0.121 e. The van der Waals surface area contributed by atoms with Crippen molar-refractivity contribution in [3.05, 3.63) is 65.5 Å². The number of aromatic nitrogens is 1. The van der Waals surface area contributed by atoms with Gasteiger partial charge in [-0.1, -0.05) is 31.2 Å².